The Morgan fingerprint density at radius 3 is 2.65 bits per heavy atom. The molecule has 5 heteroatoms. The van der Waals surface area contributed by atoms with Crippen LogP contribution in [-0.4, -0.2) is 47.2 Å². The number of rotatable bonds is 3. The number of piperidine rings is 1. The average molecular weight is 428 g/mol. The molecule has 5 nitrogen and oxygen atoms in total. The first-order valence-electron chi connectivity index (χ1n) is 12.1. The van der Waals surface area contributed by atoms with E-state index >= 15 is 0 Å². The summed E-state index contributed by atoms with van der Waals surface area (Å²) in [6.45, 7) is 11.6. The second kappa shape index (κ2) is 5.60. The fourth-order valence-corrected chi connectivity index (χ4v) is 8.87. The number of methoxy groups -OCH3 is 1. The number of aromatic hydroxyl groups is 1. The van der Waals surface area contributed by atoms with E-state index < -0.39 is 11.2 Å². The lowest BCUT2D eigenvalue weighted by Gasteiger charge is -2.64. The maximum atomic E-state index is 11.9. The number of nitrogens with one attached hydrogen (secondary N) is 1. The maximum Gasteiger partial charge on any atom is 0.165 e. The fourth-order valence-electron chi connectivity index (χ4n) is 8.87. The molecule has 0 aromatic heterocycles. The van der Waals surface area contributed by atoms with Gasteiger partial charge in [-0.25, -0.2) is 0 Å². The number of hydrogen-bond donors (Lipinski definition) is 3. The van der Waals surface area contributed by atoms with Crippen molar-refractivity contribution in [3.05, 3.63) is 23.3 Å². The second-order valence-electron chi connectivity index (χ2n) is 12.1. The lowest BCUT2D eigenvalue weighted by atomic mass is 9.43. The third kappa shape index (κ3) is 1.90. The molecule has 6 rings (SSSR count). The van der Waals surface area contributed by atoms with Crippen molar-refractivity contribution in [3.8, 4) is 11.5 Å². The van der Waals surface area contributed by atoms with Crippen molar-refractivity contribution in [3.63, 3.8) is 0 Å². The normalized spacial score (nSPS) is 45.9. The van der Waals surface area contributed by atoms with Gasteiger partial charge in [0.25, 0.3) is 0 Å². The Morgan fingerprint density at radius 2 is 2.00 bits per heavy atom. The summed E-state index contributed by atoms with van der Waals surface area (Å²) < 4.78 is 13.2. The highest BCUT2D eigenvalue weighted by Gasteiger charge is 2.88. The van der Waals surface area contributed by atoms with Crippen LogP contribution in [0.4, 0.5) is 0 Å². The first-order valence-corrected chi connectivity index (χ1v) is 12.1. The molecule has 0 amide bonds. The molecule has 5 aliphatic rings. The summed E-state index contributed by atoms with van der Waals surface area (Å²) >= 11 is 0. The van der Waals surface area contributed by atoms with Gasteiger partial charge in [-0.1, -0.05) is 33.8 Å². The van der Waals surface area contributed by atoms with E-state index in [1.54, 1.807) is 13.2 Å². The number of fused-ring (bicyclic) bond motifs is 2. The van der Waals surface area contributed by atoms with Gasteiger partial charge in [-0.3, -0.25) is 0 Å². The van der Waals surface area contributed by atoms with Crippen LogP contribution in [0.3, 0.4) is 0 Å². The summed E-state index contributed by atoms with van der Waals surface area (Å²) in [5.41, 5.74) is 0.698. The van der Waals surface area contributed by atoms with E-state index in [1.165, 1.54) is 11.1 Å². The van der Waals surface area contributed by atoms with Gasteiger partial charge in [-0.15, -0.1) is 0 Å². The zero-order valence-electron chi connectivity index (χ0n) is 19.7. The van der Waals surface area contributed by atoms with Crippen molar-refractivity contribution in [1.29, 1.82) is 0 Å². The zero-order chi connectivity index (χ0) is 22.2. The number of benzene rings is 1. The second-order valence-corrected chi connectivity index (χ2v) is 12.1. The standard InChI is InChI=1S/C26H37NO4/c1-7-24-13-15-20(23(5,29)22(2,3)4)26(15,30-6)21-25(24)10-11-27-17(24)12-14-8-9-16(28)19(31-21)18(14)25/h8-9,15,17,20-21,27-29H,7,10-13H2,1-6H3/t15-,17-,20?,21-,23?,24-,25+,26+/m1/s1. The van der Waals surface area contributed by atoms with Crippen LogP contribution < -0.4 is 10.1 Å². The van der Waals surface area contributed by atoms with Crippen LogP contribution in [0.5, 0.6) is 11.5 Å². The lowest BCUT2D eigenvalue weighted by Crippen LogP contribution is -2.73. The SMILES string of the molecule is CC[C@]12C[C@@H]3C(C(C)(O)C(C)(C)C)[C@]3(OC)[C@@H]3Oc4c(O)ccc5c4[C@@]31CCN[C@@H]2C5. The molecule has 8 atom stereocenters. The molecule has 1 saturated heterocycles. The summed E-state index contributed by atoms with van der Waals surface area (Å²) in [5, 5.41) is 26.6. The van der Waals surface area contributed by atoms with Crippen LogP contribution >= 0.6 is 0 Å². The molecule has 2 aliphatic heterocycles. The quantitative estimate of drug-likeness (QED) is 0.688. The van der Waals surface area contributed by atoms with E-state index in [2.05, 4.69) is 39.1 Å². The van der Waals surface area contributed by atoms with Crippen LogP contribution in [-0.2, 0) is 16.6 Å². The molecular weight excluding hydrogens is 390 g/mol. The molecular formula is C26H37NO4. The molecule has 3 fully saturated rings. The van der Waals surface area contributed by atoms with Crippen molar-refractivity contribution < 1.29 is 19.7 Å². The van der Waals surface area contributed by atoms with Gasteiger partial charge in [-0.05, 0) is 61.6 Å². The van der Waals surface area contributed by atoms with Gasteiger partial charge in [-0.2, -0.15) is 0 Å². The zero-order valence-corrected chi connectivity index (χ0v) is 19.7. The van der Waals surface area contributed by atoms with E-state index in [4.69, 9.17) is 9.47 Å². The highest BCUT2D eigenvalue weighted by Crippen LogP contribution is 2.80. The van der Waals surface area contributed by atoms with Crippen molar-refractivity contribution >= 4 is 0 Å². The Morgan fingerprint density at radius 1 is 1.26 bits per heavy atom. The van der Waals surface area contributed by atoms with E-state index in [1.807, 2.05) is 6.92 Å². The minimum Gasteiger partial charge on any atom is -0.504 e. The van der Waals surface area contributed by atoms with Crippen molar-refractivity contribution in [2.75, 3.05) is 13.7 Å². The molecule has 3 N–H and O–H groups in total. The number of ether oxygens (including phenoxy) is 2. The fraction of sp³-hybridized carbons (Fsp3) is 0.769. The van der Waals surface area contributed by atoms with E-state index in [9.17, 15) is 10.2 Å². The van der Waals surface area contributed by atoms with Crippen LogP contribution in [0.25, 0.3) is 0 Å². The molecule has 170 valence electrons. The van der Waals surface area contributed by atoms with Crippen molar-refractivity contribution in [1.82, 2.24) is 5.32 Å². The minimum atomic E-state index is -0.892. The molecule has 1 spiro atoms. The van der Waals surface area contributed by atoms with Gasteiger partial charge in [0.15, 0.2) is 11.5 Å². The summed E-state index contributed by atoms with van der Waals surface area (Å²) in [6, 6.07) is 4.28. The Bertz CT molecular complexity index is 967. The molecule has 2 bridgehead atoms. The topological polar surface area (TPSA) is 71.0 Å². The summed E-state index contributed by atoms with van der Waals surface area (Å²) in [5.74, 6) is 1.16. The average Bonchev–Trinajstić information content (AvgIpc) is 3.24. The molecule has 2 unspecified atom stereocenters. The first-order chi connectivity index (χ1) is 14.5. The molecule has 1 aromatic rings. The van der Waals surface area contributed by atoms with Gasteiger partial charge < -0.3 is 25.0 Å². The largest absolute Gasteiger partial charge is 0.504 e. The summed E-state index contributed by atoms with van der Waals surface area (Å²) in [7, 11) is 1.80. The Balaban J connectivity index is 1.62. The van der Waals surface area contributed by atoms with Crippen LogP contribution in [0.15, 0.2) is 12.1 Å². The van der Waals surface area contributed by atoms with Crippen LogP contribution in [0.1, 0.15) is 65.0 Å². The first kappa shape index (κ1) is 20.3. The third-order valence-electron chi connectivity index (χ3n) is 10.7. The predicted octanol–water partition coefficient (Wildman–Crippen LogP) is 3.54. The van der Waals surface area contributed by atoms with E-state index in [0.717, 1.165) is 32.2 Å². The number of hydrogen-bond acceptors (Lipinski definition) is 5. The van der Waals surface area contributed by atoms with E-state index in [-0.39, 0.29) is 39.9 Å². The summed E-state index contributed by atoms with van der Waals surface area (Å²) in [4.78, 5) is 0. The number of aliphatic hydroxyl groups is 1. The van der Waals surface area contributed by atoms with Gasteiger partial charge in [0.1, 0.15) is 11.7 Å². The number of phenolic OH excluding ortho intramolecular Hbond substituents is 1. The van der Waals surface area contributed by atoms with Crippen molar-refractivity contribution in [2.45, 2.75) is 89.1 Å². The van der Waals surface area contributed by atoms with Crippen LogP contribution in [0.2, 0.25) is 0 Å². The minimum absolute atomic E-state index is 0.000412. The highest BCUT2D eigenvalue weighted by molar-refractivity contribution is 5.63. The Labute approximate surface area is 185 Å². The molecule has 2 saturated carbocycles. The molecule has 31 heavy (non-hydrogen) atoms. The molecule has 2 heterocycles. The lowest BCUT2D eigenvalue weighted by molar-refractivity contribution is -0.161. The number of phenols is 1. The third-order valence-corrected chi connectivity index (χ3v) is 10.7. The van der Waals surface area contributed by atoms with Gasteiger partial charge in [0, 0.05) is 36.0 Å². The Kier molecular flexibility index (Phi) is 3.67. The molecule has 3 aliphatic carbocycles. The molecule has 1 aromatic carbocycles. The van der Waals surface area contributed by atoms with Crippen LogP contribution in [0, 0.1) is 22.7 Å². The summed E-state index contributed by atoms with van der Waals surface area (Å²) in [6.07, 6.45) is 3.85. The molecule has 0 radical (unpaired) electrons. The monoisotopic (exact) mass is 427 g/mol. The van der Waals surface area contributed by atoms with Gasteiger partial charge >= 0.3 is 0 Å². The maximum absolute atomic E-state index is 11.9. The van der Waals surface area contributed by atoms with Gasteiger partial charge in [0.05, 0.1) is 5.60 Å². The van der Waals surface area contributed by atoms with Crippen molar-refractivity contribution in [2.24, 2.45) is 22.7 Å². The Hall–Kier alpha value is -1.30. The van der Waals surface area contributed by atoms with E-state index in [0.29, 0.717) is 11.8 Å². The highest BCUT2D eigenvalue weighted by atomic mass is 16.6. The predicted molar refractivity (Wildman–Crippen MR) is 118 cm³/mol. The smallest absolute Gasteiger partial charge is 0.165 e. The van der Waals surface area contributed by atoms with Gasteiger partial charge in [0.2, 0.25) is 0 Å².